The van der Waals surface area contributed by atoms with E-state index in [1.165, 1.54) is 31.4 Å². The Hall–Kier alpha value is -1.48. The highest BCUT2D eigenvalue weighted by molar-refractivity contribution is 5.79. The number of quaternary nitrogens is 1. The van der Waals surface area contributed by atoms with Gasteiger partial charge in [-0.05, 0) is 49.9 Å². The monoisotopic (exact) mass is 489 g/mol. The molecule has 4 unspecified atom stereocenters. The van der Waals surface area contributed by atoms with Gasteiger partial charge in [0.25, 0.3) is 0 Å². The Morgan fingerprint density at radius 2 is 1.89 bits per heavy atom. The Balaban J connectivity index is 1.28. The maximum absolute atomic E-state index is 13.2. The van der Waals surface area contributed by atoms with Crippen LogP contribution in [0.3, 0.4) is 0 Å². The largest absolute Gasteiger partial charge is 0.355 e. The minimum absolute atomic E-state index is 0.00300. The third-order valence-corrected chi connectivity index (χ3v) is 8.95. The molecule has 35 heavy (non-hydrogen) atoms. The fourth-order valence-electron chi connectivity index (χ4n) is 6.61. The average molecular weight is 490 g/mol. The Morgan fingerprint density at radius 1 is 1.14 bits per heavy atom. The highest BCUT2D eigenvalue weighted by Crippen LogP contribution is 2.39. The zero-order chi connectivity index (χ0) is 24.8. The molecule has 4 atom stereocenters. The van der Waals surface area contributed by atoms with Crippen LogP contribution < -0.4 is 21.3 Å². The van der Waals surface area contributed by atoms with E-state index in [1.807, 2.05) is 0 Å². The van der Waals surface area contributed by atoms with Crippen molar-refractivity contribution < 1.29 is 14.9 Å². The number of carbonyl (C=O) groups is 2. The van der Waals surface area contributed by atoms with Gasteiger partial charge in [0.05, 0.1) is 12.5 Å². The molecule has 0 aromatic carbocycles. The van der Waals surface area contributed by atoms with Crippen molar-refractivity contribution in [1.82, 2.24) is 25.8 Å². The second kappa shape index (κ2) is 12.7. The van der Waals surface area contributed by atoms with E-state index >= 15 is 0 Å². The molecule has 1 aliphatic carbocycles. The van der Waals surface area contributed by atoms with Gasteiger partial charge in [-0.2, -0.15) is 0 Å². The number of nitrogens with zero attached hydrogens (tertiary/aromatic N) is 2. The Bertz CT molecular complexity index is 736. The van der Waals surface area contributed by atoms with E-state index in [-0.39, 0.29) is 11.8 Å². The van der Waals surface area contributed by atoms with E-state index in [0.29, 0.717) is 48.7 Å². The molecule has 4 rings (SSSR count). The third kappa shape index (κ3) is 7.06. The van der Waals surface area contributed by atoms with Gasteiger partial charge in [-0.1, -0.05) is 25.5 Å². The van der Waals surface area contributed by atoms with Gasteiger partial charge in [-0.25, -0.2) is 0 Å². The third-order valence-electron chi connectivity index (χ3n) is 8.95. The fourth-order valence-corrected chi connectivity index (χ4v) is 6.61. The predicted octanol–water partition coefficient (Wildman–Crippen LogP) is 0.331. The summed E-state index contributed by atoms with van der Waals surface area (Å²) in [5.41, 5.74) is 1.32. The number of amides is 2. The molecule has 8 nitrogen and oxygen atoms in total. The normalized spacial score (nSPS) is 31.3. The summed E-state index contributed by atoms with van der Waals surface area (Å²) in [7, 11) is 0. The number of piperazine rings is 1. The first-order chi connectivity index (χ1) is 16.9. The summed E-state index contributed by atoms with van der Waals surface area (Å²) in [5.74, 6) is 2.12. The second-order valence-corrected chi connectivity index (χ2v) is 11.7. The zero-order valence-corrected chi connectivity index (χ0v) is 22.2. The topological polar surface area (TPSA) is 93.3 Å². The van der Waals surface area contributed by atoms with Crippen molar-refractivity contribution in [2.75, 3.05) is 59.0 Å². The number of carbonyl (C=O) groups excluding carboxylic acids is 2. The van der Waals surface area contributed by atoms with Crippen LogP contribution in [0.5, 0.6) is 0 Å². The van der Waals surface area contributed by atoms with Crippen LogP contribution in [0, 0.1) is 29.6 Å². The van der Waals surface area contributed by atoms with E-state index in [2.05, 4.69) is 57.9 Å². The van der Waals surface area contributed by atoms with Crippen molar-refractivity contribution in [2.24, 2.45) is 29.6 Å². The first kappa shape index (κ1) is 26.6. The van der Waals surface area contributed by atoms with Crippen LogP contribution in [0.4, 0.5) is 0 Å². The molecule has 0 radical (unpaired) electrons. The van der Waals surface area contributed by atoms with E-state index < -0.39 is 0 Å². The standard InChI is InChI=1S/C27H48N6O2/c1-19(2)24-13-21(20(3)12-22(24)17-31-27(35)23-15-28-18-29-16-23)14-26(34)33-10-8-32(9-11-33)25-6-4-5-7-30-25/h12,19,21-25,28-30H,4-11,13-18H2,1-3H3,(H,31,35)/p+1. The molecule has 3 saturated heterocycles. The fraction of sp³-hybridized carbons (Fsp3) is 0.852. The van der Waals surface area contributed by atoms with Crippen LogP contribution in [0.1, 0.15) is 52.9 Å². The Kier molecular flexibility index (Phi) is 9.61. The van der Waals surface area contributed by atoms with E-state index in [9.17, 15) is 9.59 Å². The highest BCUT2D eigenvalue weighted by atomic mass is 16.2. The quantitative estimate of drug-likeness (QED) is 0.387. The van der Waals surface area contributed by atoms with Gasteiger partial charge in [0, 0.05) is 65.3 Å². The van der Waals surface area contributed by atoms with E-state index in [0.717, 1.165) is 52.4 Å². The number of piperidine rings is 1. The van der Waals surface area contributed by atoms with Crippen molar-refractivity contribution in [2.45, 2.75) is 59.0 Å². The van der Waals surface area contributed by atoms with Crippen LogP contribution in [0.25, 0.3) is 0 Å². The molecule has 3 aliphatic heterocycles. The number of allylic oxidation sites excluding steroid dienone is 1. The number of rotatable bonds is 7. The molecule has 3 fully saturated rings. The summed E-state index contributed by atoms with van der Waals surface area (Å²) < 4.78 is 0. The molecular formula is C27H49N6O2+. The lowest BCUT2D eigenvalue weighted by molar-refractivity contribution is -0.717. The summed E-state index contributed by atoms with van der Waals surface area (Å²) in [6, 6.07) is 0. The first-order valence-electron chi connectivity index (χ1n) is 14.1. The van der Waals surface area contributed by atoms with Crippen LogP contribution in [0.2, 0.25) is 0 Å². The Labute approximate surface area is 212 Å². The molecule has 3 heterocycles. The highest BCUT2D eigenvalue weighted by Gasteiger charge is 2.35. The molecule has 198 valence electrons. The molecule has 2 amide bonds. The predicted molar refractivity (Wildman–Crippen MR) is 138 cm³/mol. The minimum Gasteiger partial charge on any atom is -0.355 e. The van der Waals surface area contributed by atoms with Crippen molar-refractivity contribution in [3.63, 3.8) is 0 Å². The average Bonchev–Trinajstić information content (AvgIpc) is 2.89. The SMILES string of the molecule is CC1=CC(CNC(=O)C2CNCNC2)C(C(C)C)CC1CC(=O)N1CCN(C2CCCC[NH2+]2)CC1. The van der Waals surface area contributed by atoms with Crippen LogP contribution in [0.15, 0.2) is 11.6 Å². The van der Waals surface area contributed by atoms with Gasteiger partial charge in [0.1, 0.15) is 6.17 Å². The minimum atomic E-state index is -0.00300. The van der Waals surface area contributed by atoms with Gasteiger partial charge in [0.2, 0.25) is 11.8 Å². The van der Waals surface area contributed by atoms with Crippen molar-refractivity contribution in [3.05, 3.63) is 11.6 Å². The lowest BCUT2D eigenvalue weighted by atomic mass is 9.69. The molecule has 8 heteroatoms. The zero-order valence-electron chi connectivity index (χ0n) is 22.2. The maximum Gasteiger partial charge on any atom is 0.225 e. The molecule has 0 spiro atoms. The number of hydrogen-bond acceptors (Lipinski definition) is 5. The number of nitrogens with one attached hydrogen (secondary N) is 3. The maximum atomic E-state index is 13.2. The molecule has 5 N–H and O–H groups in total. The smallest absolute Gasteiger partial charge is 0.225 e. The molecule has 0 aromatic heterocycles. The summed E-state index contributed by atoms with van der Waals surface area (Å²) in [5, 5.41) is 12.2. The Morgan fingerprint density at radius 3 is 2.54 bits per heavy atom. The van der Waals surface area contributed by atoms with E-state index in [1.54, 1.807) is 0 Å². The molecular weight excluding hydrogens is 440 g/mol. The van der Waals surface area contributed by atoms with Gasteiger partial charge in [0.15, 0.2) is 0 Å². The van der Waals surface area contributed by atoms with Crippen molar-refractivity contribution >= 4 is 11.8 Å². The summed E-state index contributed by atoms with van der Waals surface area (Å²) in [6.45, 7) is 14.7. The number of nitrogens with two attached hydrogens (primary N) is 1. The molecule has 0 aromatic rings. The summed E-state index contributed by atoms with van der Waals surface area (Å²) in [4.78, 5) is 30.6. The second-order valence-electron chi connectivity index (χ2n) is 11.7. The first-order valence-corrected chi connectivity index (χ1v) is 14.1. The number of hydrogen-bond donors (Lipinski definition) is 4. The van der Waals surface area contributed by atoms with Gasteiger partial charge in [-0.3, -0.25) is 14.5 Å². The van der Waals surface area contributed by atoms with Crippen LogP contribution in [-0.2, 0) is 9.59 Å². The summed E-state index contributed by atoms with van der Waals surface area (Å²) >= 11 is 0. The molecule has 0 bridgehead atoms. The van der Waals surface area contributed by atoms with Crippen LogP contribution >= 0.6 is 0 Å². The summed E-state index contributed by atoms with van der Waals surface area (Å²) in [6.07, 6.45) is 8.61. The van der Waals surface area contributed by atoms with Gasteiger partial charge < -0.3 is 26.2 Å². The van der Waals surface area contributed by atoms with E-state index in [4.69, 9.17) is 0 Å². The van der Waals surface area contributed by atoms with Gasteiger partial charge >= 0.3 is 0 Å². The lowest BCUT2D eigenvalue weighted by Gasteiger charge is -2.40. The van der Waals surface area contributed by atoms with Crippen LogP contribution in [-0.4, -0.2) is 86.8 Å². The van der Waals surface area contributed by atoms with Crippen molar-refractivity contribution in [3.8, 4) is 0 Å². The molecule has 0 saturated carbocycles. The molecule has 4 aliphatic rings. The lowest BCUT2D eigenvalue weighted by Crippen LogP contribution is -2.95. The van der Waals surface area contributed by atoms with Crippen molar-refractivity contribution in [1.29, 1.82) is 0 Å². The van der Waals surface area contributed by atoms with Gasteiger partial charge in [-0.15, -0.1) is 0 Å².